The van der Waals surface area contributed by atoms with Gasteiger partial charge in [0.2, 0.25) is 5.91 Å². The maximum Gasteiger partial charge on any atom is 0.225 e. The second-order valence-electron chi connectivity index (χ2n) is 5.71. The largest absolute Gasteiger partial charge is 0.493 e. The van der Waals surface area contributed by atoms with Crippen LogP contribution < -0.4 is 21.1 Å². The quantitative estimate of drug-likeness (QED) is 0.803. The lowest BCUT2D eigenvalue weighted by atomic mass is 9.89. The topological polar surface area (TPSA) is 81.6 Å². The minimum Gasteiger partial charge on any atom is -0.493 e. The molecule has 20 heavy (non-hydrogen) atoms. The van der Waals surface area contributed by atoms with Crippen molar-refractivity contribution in [3.8, 4) is 5.75 Å². The number of carbonyl (C=O) groups excluding carboxylic acids is 1. The lowest BCUT2D eigenvalue weighted by molar-refractivity contribution is -0.125. The molecule has 0 radical (unpaired) electrons. The van der Waals surface area contributed by atoms with Crippen molar-refractivity contribution in [3.63, 3.8) is 0 Å². The molecular weight excluding hydrogens is 254 g/mol. The average Bonchev–Trinajstić information content (AvgIpc) is 2.80. The molecule has 5 nitrogen and oxygen atoms in total. The number of rotatable bonds is 5. The molecule has 0 aromatic heterocycles. The van der Waals surface area contributed by atoms with E-state index in [4.69, 9.17) is 16.2 Å². The number of nitrogens with zero attached hydrogens (tertiary/aromatic N) is 1. The van der Waals surface area contributed by atoms with Gasteiger partial charge in [0, 0.05) is 36.6 Å². The van der Waals surface area contributed by atoms with Gasteiger partial charge in [-0.05, 0) is 25.8 Å². The molecule has 1 aliphatic heterocycles. The molecule has 1 heterocycles. The van der Waals surface area contributed by atoms with Gasteiger partial charge in [-0.2, -0.15) is 0 Å². The molecule has 0 bridgehead atoms. The van der Waals surface area contributed by atoms with Crippen LogP contribution in [-0.2, 0) is 4.79 Å². The summed E-state index contributed by atoms with van der Waals surface area (Å²) in [6, 6.07) is 5.70. The first kappa shape index (κ1) is 14.5. The zero-order valence-corrected chi connectivity index (χ0v) is 12.2. The maximum atomic E-state index is 11.5. The van der Waals surface area contributed by atoms with Gasteiger partial charge < -0.3 is 21.1 Å². The van der Waals surface area contributed by atoms with E-state index in [1.807, 2.05) is 25.1 Å². The lowest BCUT2D eigenvalue weighted by Crippen LogP contribution is -2.37. The fraction of sp³-hybridized carbons (Fsp3) is 0.533. The molecule has 2 rings (SSSR count). The Kier molecular flexibility index (Phi) is 4.06. The Morgan fingerprint density at radius 2 is 2.20 bits per heavy atom. The van der Waals surface area contributed by atoms with E-state index in [9.17, 15) is 4.79 Å². The Balaban J connectivity index is 2.17. The van der Waals surface area contributed by atoms with E-state index in [-0.39, 0.29) is 5.91 Å². The standard InChI is InChI=1S/C15H23N3O2/c1-3-6-20-13-8-11(16)7-12(9-13)18-5-4-15(2,10-18)14(17)19/h7-9H,3-6,10,16H2,1-2H3,(H2,17,19). The molecule has 1 fully saturated rings. The summed E-state index contributed by atoms with van der Waals surface area (Å²) < 4.78 is 5.64. The molecule has 1 aliphatic rings. The molecular formula is C15H23N3O2. The van der Waals surface area contributed by atoms with Gasteiger partial charge >= 0.3 is 0 Å². The van der Waals surface area contributed by atoms with Crippen LogP contribution >= 0.6 is 0 Å². The smallest absolute Gasteiger partial charge is 0.225 e. The predicted molar refractivity (Wildman–Crippen MR) is 80.8 cm³/mol. The van der Waals surface area contributed by atoms with Crippen LogP contribution in [-0.4, -0.2) is 25.6 Å². The van der Waals surface area contributed by atoms with E-state index < -0.39 is 5.41 Å². The fourth-order valence-electron chi connectivity index (χ4n) is 2.47. The van der Waals surface area contributed by atoms with Crippen LogP contribution in [0.3, 0.4) is 0 Å². The van der Waals surface area contributed by atoms with Crippen LogP contribution in [0.25, 0.3) is 0 Å². The highest BCUT2D eigenvalue weighted by Crippen LogP contribution is 2.35. The van der Waals surface area contributed by atoms with E-state index in [1.165, 1.54) is 0 Å². The predicted octanol–water partition coefficient (Wildman–Crippen LogP) is 1.76. The van der Waals surface area contributed by atoms with Crippen LogP contribution in [0.2, 0.25) is 0 Å². The van der Waals surface area contributed by atoms with Crippen molar-refractivity contribution in [3.05, 3.63) is 18.2 Å². The third kappa shape index (κ3) is 2.98. The number of hydrogen-bond donors (Lipinski definition) is 2. The van der Waals surface area contributed by atoms with Crippen molar-refractivity contribution in [2.24, 2.45) is 11.1 Å². The van der Waals surface area contributed by atoms with Crippen molar-refractivity contribution in [2.75, 3.05) is 30.3 Å². The normalized spacial score (nSPS) is 22.0. The summed E-state index contributed by atoms with van der Waals surface area (Å²) in [5.41, 5.74) is 12.6. The maximum absolute atomic E-state index is 11.5. The number of anilines is 2. The summed E-state index contributed by atoms with van der Waals surface area (Å²) in [6.45, 7) is 6.07. The molecule has 1 aromatic carbocycles. The van der Waals surface area contributed by atoms with Gasteiger partial charge in [0.1, 0.15) is 5.75 Å². The molecule has 110 valence electrons. The van der Waals surface area contributed by atoms with Gasteiger partial charge in [0.25, 0.3) is 0 Å². The van der Waals surface area contributed by atoms with Gasteiger partial charge in [0.15, 0.2) is 0 Å². The molecule has 1 atom stereocenters. The van der Waals surface area contributed by atoms with Crippen molar-refractivity contribution < 1.29 is 9.53 Å². The van der Waals surface area contributed by atoms with E-state index >= 15 is 0 Å². The highest BCUT2D eigenvalue weighted by atomic mass is 16.5. The first-order chi connectivity index (χ1) is 9.44. The molecule has 0 aliphatic carbocycles. The summed E-state index contributed by atoms with van der Waals surface area (Å²) in [5.74, 6) is 0.529. The summed E-state index contributed by atoms with van der Waals surface area (Å²) in [6.07, 6.45) is 1.72. The van der Waals surface area contributed by atoms with Crippen molar-refractivity contribution in [2.45, 2.75) is 26.7 Å². The third-order valence-electron chi connectivity index (χ3n) is 3.82. The Labute approximate surface area is 119 Å². The van der Waals surface area contributed by atoms with Gasteiger partial charge in [-0.1, -0.05) is 6.92 Å². The number of nitrogens with two attached hydrogens (primary N) is 2. The van der Waals surface area contributed by atoms with Crippen LogP contribution in [0, 0.1) is 5.41 Å². The molecule has 1 aromatic rings. The molecule has 1 unspecified atom stereocenters. The highest BCUT2D eigenvalue weighted by molar-refractivity contribution is 5.82. The third-order valence-corrected chi connectivity index (χ3v) is 3.82. The van der Waals surface area contributed by atoms with Crippen molar-refractivity contribution >= 4 is 17.3 Å². The van der Waals surface area contributed by atoms with Crippen LogP contribution in [0.1, 0.15) is 26.7 Å². The summed E-state index contributed by atoms with van der Waals surface area (Å²) in [7, 11) is 0. The Morgan fingerprint density at radius 1 is 1.45 bits per heavy atom. The molecule has 0 spiro atoms. The zero-order chi connectivity index (χ0) is 14.8. The Morgan fingerprint density at radius 3 is 2.80 bits per heavy atom. The number of primary amides is 1. The van der Waals surface area contributed by atoms with Crippen molar-refractivity contribution in [1.29, 1.82) is 0 Å². The number of carbonyl (C=O) groups is 1. The minimum absolute atomic E-state index is 0.244. The zero-order valence-electron chi connectivity index (χ0n) is 12.2. The minimum atomic E-state index is -0.463. The summed E-state index contributed by atoms with van der Waals surface area (Å²) in [5, 5.41) is 0. The summed E-state index contributed by atoms with van der Waals surface area (Å²) >= 11 is 0. The van der Waals surface area contributed by atoms with Gasteiger partial charge in [-0.3, -0.25) is 4.79 Å². The average molecular weight is 277 g/mol. The monoisotopic (exact) mass is 277 g/mol. The summed E-state index contributed by atoms with van der Waals surface area (Å²) in [4.78, 5) is 13.7. The van der Waals surface area contributed by atoms with Gasteiger partial charge in [-0.25, -0.2) is 0 Å². The highest BCUT2D eigenvalue weighted by Gasteiger charge is 2.39. The van der Waals surface area contributed by atoms with Crippen LogP contribution in [0.5, 0.6) is 5.75 Å². The van der Waals surface area contributed by atoms with E-state index in [2.05, 4.69) is 11.8 Å². The first-order valence-electron chi connectivity index (χ1n) is 7.03. The molecule has 0 saturated carbocycles. The van der Waals surface area contributed by atoms with Gasteiger partial charge in [-0.15, -0.1) is 0 Å². The molecule has 4 N–H and O–H groups in total. The molecule has 1 amide bonds. The second kappa shape index (κ2) is 5.61. The number of nitrogen functional groups attached to an aromatic ring is 1. The Hall–Kier alpha value is -1.91. The van der Waals surface area contributed by atoms with Crippen LogP contribution in [0.15, 0.2) is 18.2 Å². The van der Waals surface area contributed by atoms with E-state index in [1.54, 1.807) is 0 Å². The van der Waals surface area contributed by atoms with E-state index in [0.29, 0.717) is 18.8 Å². The number of benzene rings is 1. The Bertz CT molecular complexity index is 504. The van der Waals surface area contributed by atoms with Gasteiger partial charge in [0.05, 0.1) is 12.0 Å². The van der Waals surface area contributed by atoms with Crippen molar-refractivity contribution in [1.82, 2.24) is 0 Å². The fourth-order valence-corrected chi connectivity index (χ4v) is 2.47. The number of hydrogen-bond acceptors (Lipinski definition) is 4. The first-order valence-corrected chi connectivity index (χ1v) is 7.03. The number of ether oxygens (including phenoxy) is 1. The SMILES string of the molecule is CCCOc1cc(N)cc(N2CCC(C)(C(N)=O)C2)c1. The van der Waals surface area contributed by atoms with Crippen LogP contribution in [0.4, 0.5) is 11.4 Å². The van der Waals surface area contributed by atoms with E-state index in [0.717, 1.165) is 30.8 Å². The molecule has 5 heteroatoms. The second-order valence-corrected chi connectivity index (χ2v) is 5.71. The number of amides is 1. The molecule has 1 saturated heterocycles. The lowest BCUT2D eigenvalue weighted by Gasteiger charge is -2.23.